The molecule has 11 heteroatoms. The van der Waals surface area contributed by atoms with Crippen molar-refractivity contribution >= 4 is 35.7 Å². The summed E-state index contributed by atoms with van der Waals surface area (Å²) in [7, 11) is 0. The summed E-state index contributed by atoms with van der Waals surface area (Å²) < 4.78 is 18.8. The number of hydrogen-bond acceptors (Lipinski definition) is 7. The van der Waals surface area contributed by atoms with Crippen LogP contribution in [0, 0.1) is 17.1 Å². The third-order valence-corrected chi connectivity index (χ3v) is 5.91. The minimum Gasteiger partial charge on any atom is -0.507 e. The highest BCUT2D eigenvalue weighted by Gasteiger charge is 2.20. The van der Waals surface area contributed by atoms with Crippen LogP contribution < -0.4 is 16.4 Å². The number of nitrogens with two attached hydrogens (primary N) is 1. The van der Waals surface area contributed by atoms with Crippen molar-refractivity contribution in [3.63, 3.8) is 0 Å². The molecule has 0 radical (unpaired) electrons. The minimum absolute atomic E-state index is 0. The zero-order valence-electron chi connectivity index (χ0n) is 21.5. The Morgan fingerprint density at radius 3 is 2.60 bits per heavy atom. The molecule has 4 rings (SSSR count). The fraction of sp³-hybridized carbons (Fsp3) is 0.172. The van der Waals surface area contributed by atoms with Gasteiger partial charge in [-0.15, -0.1) is 12.4 Å². The zero-order chi connectivity index (χ0) is 27.9. The number of amides is 2. The van der Waals surface area contributed by atoms with Gasteiger partial charge in [0.2, 0.25) is 5.91 Å². The van der Waals surface area contributed by atoms with Gasteiger partial charge in [0, 0.05) is 35.3 Å². The van der Waals surface area contributed by atoms with E-state index in [9.17, 15) is 24.3 Å². The molecule has 1 atom stereocenters. The van der Waals surface area contributed by atoms with Crippen LogP contribution in [0.25, 0.3) is 22.4 Å². The van der Waals surface area contributed by atoms with Crippen molar-refractivity contribution in [3.05, 3.63) is 84.1 Å². The Kier molecular flexibility index (Phi) is 9.97. The number of aromatic nitrogens is 1. The van der Waals surface area contributed by atoms with Gasteiger partial charge in [0.05, 0.1) is 12.0 Å². The molecule has 206 valence electrons. The minimum atomic E-state index is -0.640. The number of halogens is 2. The topological polar surface area (TPSA) is 154 Å². The molecule has 2 aromatic heterocycles. The third-order valence-electron chi connectivity index (χ3n) is 5.91. The lowest BCUT2D eigenvalue weighted by Crippen LogP contribution is -2.26. The molecule has 40 heavy (non-hydrogen) atoms. The number of phenolic OH excluding ortho intramolecular Hbond substituents is 1. The standard InChI is InChI=1S/C29H26FN5O4.ClH/c1-2-5-19(32)14-27(37)33-20-7-3-6-17(12-20)22-15-24(21-10-9-18(30)13-25(21)36)34-28(23(22)16-31)35-29(38)26-8-4-11-39-26;/h3-4,6-13,15,19,36H,2,5,14,32H2,1H3,(H,33,37)(H,34,35,38);1H. The first kappa shape index (κ1) is 29.8. The second-order valence-corrected chi connectivity index (χ2v) is 8.87. The molecule has 2 aromatic carbocycles. The van der Waals surface area contributed by atoms with Crippen LogP contribution in [0.1, 0.15) is 42.3 Å². The van der Waals surface area contributed by atoms with Crippen LogP contribution >= 0.6 is 12.4 Å². The lowest BCUT2D eigenvalue weighted by atomic mass is 9.97. The summed E-state index contributed by atoms with van der Waals surface area (Å²) in [4.78, 5) is 29.6. The number of furan rings is 1. The smallest absolute Gasteiger partial charge is 0.292 e. The van der Waals surface area contributed by atoms with Gasteiger partial charge in [-0.05, 0) is 54.4 Å². The van der Waals surface area contributed by atoms with Crippen LogP contribution in [-0.2, 0) is 4.79 Å². The van der Waals surface area contributed by atoms with Crippen molar-refractivity contribution in [3.8, 4) is 34.2 Å². The first-order valence-corrected chi connectivity index (χ1v) is 12.2. The molecular formula is C29H27ClFN5O4. The van der Waals surface area contributed by atoms with Gasteiger partial charge in [-0.1, -0.05) is 25.5 Å². The fourth-order valence-corrected chi connectivity index (χ4v) is 4.10. The van der Waals surface area contributed by atoms with E-state index < -0.39 is 11.7 Å². The molecule has 0 saturated carbocycles. The summed E-state index contributed by atoms with van der Waals surface area (Å²) >= 11 is 0. The summed E-state index contributed by atoms with van der Waals surface area (Å²) in [6.07, 6.45) is 3.09. The van der Waals surface area contributed by atoms with Crippen LogP contribution in [0.3, 0.4) is 0 Å². The van der Waals surface area contributed by atoms with E-state index in [4.69, 9.17) is 10.2 Å². The number of nitrogens with zero attached hydrogens (tertiary/aromatic N) is 2. The Balaban J connectivity index is 0.00000441. The second-order valence-electron chi connectivity index (χ2n) is 8.87. The number of carbonyl (C=O) groups excluding carboxylic acids is 2. The van der Waals surface area contributed by atoms with Crippen molar-refractivity contribution in [1.29, 1.82) is 5.26 Å². The van der Waals surface area contributed by atoms with Crippen molar-refractivity contribution in [2.75, 3.05) is 10.6 Å². The number of benzene rings is 2. The highest BCUT2D eigenvalue weighted by Crippen LogP contribution is 2.36. The highest BCUT2D eigenvalue weighted by molar-refractivity contribution is 6.03. The van der Waals surface area contributed by atoms with E-state index in [-0.39, 0.29) is 64.9 Å². The van der Waals surface area contributed by atoms with E-state index in [0.29, 0.717) is 16.8 Å². The Morgan fingerprint density at radius 1 is 1.12 bits per heavy atom. The average molecular weight is 564 g/mol. The number of pyridine rings is 1. The predicted octanol–water partition coefficient (Wildman–Crippen LogP) is 5.86. The zero-order valence-corrected chi connectivity index (χ0v) is 22.3. The predicted molar refractivity (Wildman–Crippen MR) is 151 cm³/mol. The van der Waals surface area contributed by atoms with E-state index >= 15 is 0 Å². The van der Waals surface area contributed by atoms with Gasteiger partial charge in [0.1, 0.15) is 23.2 Å². The maximum Gasteiger partial charge on any atom is 0.292 e. The number of nitriles is 1. The highest BCUT2D eigenvalue weighted by atomic mass is 35.5. The molecule has 9 nitrogen and oxygen atoms in total. The molecule has 5 N–H and O–H groups in total. The summed E-state index contributed by atoms with van der Waals surface area (Å²) in [5.74, 6) is -1.98. The Labute approximate surface area is 236 Å². The first-order chi connectivity index (χ1) is 18.8. The number of anilines is 2. The van der Waals surface area contributed by atoms with Crippen molar-refractivity contribution in [2.45, 2.75) is 32.2 Å². The van der Waals surface area contributed by atoms with Crippen molar-refractivity contribution in [2.24, 2.45) is 5.73 Å². The quantitative estimate of drug-likeness (QED) is 0.199. The van der Waals surface area contributed by atoms with Gasteiger partial charge in [0.15, 0.2) is 11.6 Å². The van der Waals surface area contributed by atoms with E-state index in [0.717, 1.165) is 25.0 Å². The molecule has 0 saturated heterocycles. The van der Waals surface area contributed by atoms with Crippen molar-refractivity contribution < 1.29 is 23.5 Å². The SMILES string of the molecule is CCCC(N)CC(=O)Nc1cccc(-c2cc(-c3ccc(F)cc3O)nc(NC(=O)c3ccco3)c2C#N)c1.Cl. The van der Waals surface area contributed by atoms with Gasteiger partial charge in [0.25, 0.3) is 5.91 Å². The van der Waals surface area contributed by atoms with E-state index in [1.165, 1.54) is 18.4 Å². The molecule has 0 aliphatic rings. The Morgan fingerprint density at radius 2 is 1.93 bits per heavy atom. The normalized spacial score (nSPS) is 11.2. The van der Waals surface area contributed by atoms with Crippen LogP contribution in [0.15, 0.2) is 71.3 Å². The van der Waals surface area contributed by atoms with E-state index in [2.05, 4.69) is 21.7 Å². The number of carbonyl (C=O) groups is 2. The molecule has 1 unspecified atom stereocenters. The van der Waals surface area contributed by atoms with E-state index in [1.54, 1.807) is 36.4 Å². The molecule has 2 amide bonds. The number of rotatable bonds is 9. The fourth-order valence-electron chi connectivity index (χ4n) is 4.10. The largest absolute Gasteiger partial charge is 0.507 e. The van der Waals surface area contributed by atoms with Gasteiger partial charge in [-0.25, -0.2) is 9.37 Å². The van der Waals surface area contributed by atoms with Crippen LogP contribution in [0.2, 0.25) is 0 Å². The molecule has 0 fully saturated rings. The summed E-state index contributed by atoms with van der Waals surface area (Å²) in [5.41, 5.74) is 7.76. The summed E-state index contributed by atoms with van der Waals surface area (Å²) in [5, 5.41) is 25.9. The maximum atomic E-state index is 13.7. The molecule has 0 spiro atoms. The molecule has 2 heterocycles. The van der Waals surface area contributed by atoms with E-state index in [1.807, 2.05) is 6.92 Å². The lowest BCUT2D eigenvalue weighted by Gasteiger charge is -2.15. The van der Waals surface area contributed by atoms with Gasteiger partial charge < -0.3 is 25.9 Å². The number of hydrogen-bond donors (Lipinski definition) is 4. The number of aromatic hydroxyl groups is 1. The number of phenols is 1. The monoisotopic (exact) mass is 563 g/mol. The molecule has 0 aliphatic heterocycles. The summed E-state index contributed by atoms with van der Waals surface area (Å²) in [6.45, 7) is 1.99. The second kappa shape index (κ2) is 13.4. The summed E-state index contributed by atoms with van der Waals surface area (Å²) in [6, 6.07) is 16.6. The molecular weight excluding hydrogens is 537 g/mol. The molecule has 0 bridgehead atoms. The van der Waals surface area contributed by atoms with Gasteiger partial charge in [-0.3, -0.25) is 9.59 Å². The van der Waals surface area contributed by atoms with Crippen molar-refractivity contribution in [1.82, 2.24) is 4.98 Å². The van der Waals surface area contributed by atoms with Crippen LogP contribution in [-0.4, -0.2) is 27.9 Å². The van der Waals surface area contributed by atoms with Crippen LogP contribution in [0.4, 0.5) is 15.9 Å². The Hall–Kier alpha value is -4.72. The van der Waals surface area contributed by atoms with Gasteiger partial charge >= 0.3 is 0 Å². The lowest BCUT2D eigenvalue weighted by molar-refractivity contribution is -0.116. The third kappa shape index (κ3) is 7.02. The Bertz CT molecular complexity index is 1550. The number of nitrogens with one attached hydrogen (secondary N) is 2. The maximum absolute atomic E-state index is 13.7. The van der Waals surface area contributed by atoms with Crippen LogP contribution in [0.5, 0.6) is 5.75 Å². The molecule has 4 aromatic rings. The molecule has 0 aliphatic carbocycles. The average Bonchev–Trinajstić information content (AvgIpc) is 3.44. The first-order valence-electron chi connectivity index (χ1n) is 12.2. The van der Waals surface area contributed by atoms with Gasteiger partial charge in [-0.2, -0.15) is 5.26 Å².